The van der Waals surface area contributed by atoms with Gasteiger partial charge in [-0.3, -0.25) is 4.79 Å². The van der Waals surface area contributed by atoms with E-state index in [1.165, 1.54) is 12.1 Å². The van der Waals surface area contributed by atoms with Crippen molar-refractivity contribution in [3.63, 3.8) is 0 Å². The standard InChI is InChI=1S/C12H5BrF4O2/c13-8-3-2-7(9-4-1-6(5-18)19-9)10(11(8)14)12(15,16)17/h1-5H. The zero-order valence-corrected chi connectivity index (χ0v) is 10.7. The van der Waals surface area contributed by atoms with Crippen molar-refractivity contribution in [2.75, 3.05) is 0 Å². The minimum absolute atomic E-state index is 0.133. The quantitative estimate of drug-likeness (QED) is 0.588. The monoisotopic (exact) mass is 336 g/mol. The first-order valence-electron chi connectivity index (χ1n) is 4.95. The fourth-order valence-corrected chi connectivity index (χ4v) is 1.92. The molecule has 0 aliphatic rings. The van der Waals surface area contributed by atoms with Crippen LogP contribution in [0.5, 0.6) is 0 Å². The van der Waals surface area contributed by atoms with E-state index in [4.69, 9.17) is 4.42 Å². The molecular weight excluding hydrogens is 332 g/mol. The average Bonchev–Trinajstić information content (AvgIpc) is 2.79. The lowest BCUT2D eigenvalue weighted by Crippen LogP contribution is -2.10. The van der Waals surface area contributed by atoms with Crippen LogP contribution in [0.4, 0.5) is 17.6 Å². The molecule has 0 unspecified atom stereocenters. The summed E-state index contributed by atoms with van der Waals surface area (Å²) in [5.41, 5.74) is -1.89. The van der Waals surface area contributed by atoms with Gasteiger partial charge in [-0.25, -0.2) is 4.39 Å². The van der Waals surface area contributed by atoms with Crippen molar-refractivity contribution in [3.05, 3.63) is 45.9 Å². The molecule has 7 heteroatoms. The van der Waals surface area contributed by atoms with Crippen molar-refractivity contribution in [2.24, 2.45) is 0 Å². The van der Waals surface area contributed by atoms with Gasteiger partial charge in [0.2, 0.25) is 0 Å². The summed E-state index contributed by atoms with van der Waals surface area (Å²) in [5.74, 6) is -1.78. The smallest absolute Gasteiger partial charge is 0.419 e. The molecular formula is C12H5BrF4O2. The SMILES string of the molecule is O=Cc1ccc(-c2ccc(Br)c(F)c2C(F)(F)F)o1. The second kappa shape index (κ2) is 4.80. The van der Waals surface area contributed by atoms with Crippen LogP contribution in [-0.2, 0) is 6.18 Å². The predicted octanol–water partition coefficient (Wildman–Crippen LogP) is 4.68. The van der Waals surface area contributed by atoms with Crippen LogP contribution in [0.25, 0.3) is 11.3 Å². The summed E-state index contributed by atoms with van der Waals surface area (Å²) in [6, 6.07) is 4.61. The summed E-state index contributed by atoms with van der Waals surface area (Å²) in [5, 5.41) is 0. The van der Waals surface area contributed by atoms with E-state index in [-0.39, 0.29) is 16.0 Å². The molecule has 0 saturated carbocycles. The first kappa shape index (κ1) is 13.8. The van der Waals surface area contributed by atoms with Gasteiger partial charge in [-0.1, -0.05) is 0 Å². The van der Waals surface area contributed by atoms with E-state index >= 15 is 0 Å². The van der Waals surface area contributed by atoms with Crippen molar-refractivity contribution in [2.45, 2.75) is 6.18 Å². The minimum Gasteiger partial charge on any atom is -0.453 e. The Kier molecular flexibility index (Phi) is 3.49. The summed E-state index contributed by atoms with van der Waals surface area (Å²) in [6.07, 6.45) is -4.52. The molecule has 1 aromatic heterocycles. The highest BCUT2D eigenvalue weighted by Crippen LogP contribution is 2.41. The Balaban J connectivity index is 2.70. The molecule has 0 aliphatic carbocycles. The van der Waals surface area contributed by atoms with E-state index in [1.54, 1.807) is 0 Å². The second-order valence-electron chi connectivity index (χ2n) is 3.60. The summed E-state index contributed by atoms with van der Waals surface area (Å²) in [6.45, 7) is 0. The summed E-state index contributed by atoms with van der Waals surface area (Å²) >= 11 is 2.70. The van der Waals surface area contributed by atoms with Crippen LogP contribution < -0.4 is 0 Å². The molecule has 0 N–H and O–H groups in total. The molecule has 1 aromatic carbocycles. The van der Waals surface area contributed by atoms with Gasteiger partial charge in [0.15, 0.2) is 12.0 Å². The molecule has 1 heterocycles. The van der Waals surface area contributed by atoms with E-state index in [0.29, 0.717) is 6.29 Å². The highest BCUT2D eigenvalue weighted by molar-refractivity contribution is 9.10. The minimum atomic E-state index is -4.88. The number of carbonyl (C=O) groups excluding carboxylic acids is 1. The zero-order chi connectivity index (χ0) is 14.2. The fraction of sp³-hybridized carbons (Fsp3) is 0.0833. The molecule has 100 valence electrons. The van der Waals surface area contributed by atoms with Gasteiger partial charge in [-0.05, 0) is 40.2 Å². The van der Waals surface area contributed by atoms with Crippen molar-refractivity contribution in [1.29, 1.82) is 0 Å². The molecule has 0 saturated heterocycles. The second-order valence-corrected chi connectivity index (χ2v) is 4.46. The molecule has 0 atom stereocenters. The van der Waals surface area contributed by atoms with Crippen LogP contribution in [0.2, 0.25) is 0 Å². The average molecular weight is 337 g/mol. The molecule has 2 aromatic rings. The Morgan fingerprint density at radius 1 is 1.16 bits per heavy atom. The number of aldehydes is 1. The largest absolute Gasteiger partial charge is 0.453 e. The van der Waals surface area contributed by atoms with Gasteiger partial charge in [-0.2, -0.15) is 13.2 Å². The Bertz CT molecular complexity index is 631. The predicted molar refractivity (Wildman–Crippen MR) is 62.2 cm³/mol. The zero-order valence-electron chi connectivity index (χ0n) is 9.09. The third-order valence-electron chi connectivity index (χ3n) is 2.39. The summed E-state index contributed by atoms with van der Waals surface area (Å²) in [7, 11) is 0. The lowest BCUT2D eigenvalue weighted by Gasteiger charge is -2.13. The lowest BCUT2D eigenvalue weighted by atomic mass is 10.0. The van der Waals surface area contributed by atoms with Crippen LogP contribution in [-0.4, -0.2) is 6.29 Å². The highest BCUT2D eigenvalue weighted by atomic mass is 79.9. The van der Waals surface area contributed by atoms with E-state index in [9.17, 15) is 22.4 Å². The number of furan rings is 1. The van der Waals surface area contributed by atoms with Crippen LogP contribution in [0.1, 0.15) is 16.1 Å². The van der Waals surface area contributed by atoms with Gasteiger partial charge in [0.25, 0.3) is 0 Å². The maximum Gasteiger partial charge on any atom is 0.419 e. The number of rotatable bonds is 2. The topological polar surface area (TPSA) is 30.2 Å². The summed E-state index contributed by atoms with van der Waals surface area (Å²) in [4.78, 5) is 10.5. The van der Waals surface area contributed by atoms with Gasteiger partial charge in [0.05, 0.1) is 4.47 Å². The molecule has 0 aliphatic heterocycles. The molecule has 0 radical (unpaired) electrons. The van der Waals surface area contributed by atoms with Crippen LogP contribution in [0, 0.1) is 5.82 Å². The lowest BCUT2D eigenvalue weighted by molar-refractivity contribution is -0.139. The van der Waals surface area contributed by atoms with E-state index < -0.39 is 23.1 Å². The van der Waals surface area contributed by atoms with Crippen molar-refractivity contribution in [1.82, 2.24) is 0 Å². The number of halogens is 5. The van der Waals surface area contributed by atoms with Gasteiger partial charge in [0, 0.05) is 5.56 Å². The van der Waals surface area contributed by atoms with Crippen LogP contribution in [0.3, 0.4) is 0 Å². The van der Waals surface area contributed by atoms with Crippen LogP contribution in [0.15, 0.2) is 33.2 Å². The molecule has 0 spiro atoms. The third-order valence-corrected chi connectivity index (χ3v) is 3.00. The van der Waals surface area contributed by atoms with Gasteiger partial charge < -0.3 is 4.42 Å². The molecule has 0 amide bonds. The first-order valence-corrected chi connectivity index (χ1v) is 5.74. The normalized spacial score (nSPS) is 11.6. The van der Waals surface area contributed by atoms with Crippen molar-refractivity contribution in [3.8, 4) is 11.3 Å². The number of hydrogen-bond acceptors (Lipinski definition) is 2. The van der Waals surface area contributed by atoms with Crippen molar-refractivity contribution < 1.29 is 26.8 Å². The van der Waals surface area contributed by atoms with E-state index in [1.807, 2.05) is 0 Å². The molecule has 2 rings (SSSR count). The maximum absolute atomic E-state index is 13.7. The van der Waals surface area contributed by atoms with E-state index in [0.717, 1.165) is 12.1 Å². The van der Waals surface area contributed by atoms with Crippen LogP contribution >= 0.6 is 15.9 Å². The third kappa shape index (κ3) is 2.56. The first-order chi connectivity index (χ1) is 8.84. The van der Waals surface area contributed by atoms with Gasteiger partial charge in [-0.15, -0.1) is 0 Å². The number of alkyl halides is 3. The Morgan fingerprint density at radius 3 is 2.37 bits per heavy atom. The number of carbonyl (C=O) groups is 1. The Morgan fingerprint density at radius 2 is 1.84 bits per heavy atom. The number of hydrogen-bond donors (Lipinski definition) is 0. The Hall–Kier alpha value is -1.63. The molecule has 0 bridgehead atoms. The highest BCUT2D eigenvalue weighted by Gasteiger charge is 2.38. The molecule has 0 fully saturated rings. The fourth-order valence-electron chi connectivity index (χ4n) is 1.59. The molecule has 19 heavy (non-hydrogen) atoms. The molecule has 2 nitrogen and oxygen atoms in total. The summed E-state index contributed by atoms with van der Waals surface area (Å²) < 4.78 is 56.9. The maximum atomic E-state index is 13.7. The Labute approximate surface area is 113 Å². The number of benzene rings is 1. The van der Waals surface area contributed by atoms with Gasteiger partial charge >= 0.3 is 6.18 Å². The van der Waals surface area contributed by atoms with Gasteiger partial charge in [0.1, 0.15) is 17.1 Å². The van der Waals surface area contributed by atoms with Crippen molar-refractivity contribution >= 4 is 22.2 Å². The van der Waals surface area contributed by atoms with E-state index in [2.05, 4.69) is 15.9 Å².